The van der Waals surface area contributed by atoms with Crippen molar-refractivity contribution in [2.24, 2.45) is 0 Å². The van der Waals surface area contributed by atoms with Crippen LogP contribution in [0.25, 0.3) is 12.2 Å². The van der Waals surface area contributed by atoms with Gasteiger partial charge in [0.05, 0.1) is 5.56 Å². The number of phenols is 5. The van der Waals surface area contributed by atoms with Crippen LogP contribution in [0.5, 0.6) is 34.5 Å². The van der Waals surface area contributed by atoms with Crippen molar-refractivity contribution in [3.63, 3.8) is 0 Å². The van der Waals surface area contributed by atoms with Crippen LogP contribution < -0.4 is 4.74 Å². The van der Waals surface area contributed by atoms with E-state index >= 15 is 0 Å². The lowest BCUT2D eigenvalue weighted by molar-refractivity contribution is 0.103. The maximum atomic E-state index is 12.7. The second kappa shape index (κ2) is 6.28. The maximum absolute atomic E-state index is 12.7. The molecule has 0 fully saturated rings. The van der Waals surface area contributed by atoms with Gasteiger partial charge < -0.3 is 30.3 Å². The standard InChI is InChI=1S/C20H18O7/c1-20(2)8-7-11-14(23)9-15(24)16(19(11)27-20)12(21)5-3-10-4-6-13(22)18(26)17(10)25/h3-9,22-26H,1-2H3/b5-3+. The fraction of sp³-hybridized carbons (Fsp3) is 0.150. The highest BCUT2D eigenvalue weighted by Crippen LogP contribution is 2.44. The molecule has 0 amide bonds. The lowest BCUT2D eigenvalue weighted by Crippen LogP contribution is -2.28. The van der Waals surface area contributed by atoms with Crippen molar-refractivity contribution in [2.45, 2.75) is 19.4 Å². The molecular formula is C20H18O7. The third-order valence-corrected chi connectivity index (χ3v) is 4.12. The van der Waals surface area contributed by atoms with E-state index in [2.05, 4.69) is 0 Å². The number of fused-ring (bicyclic) bond motifs is 1. The molecule has 5 N–H and O–H groups in total. The van der Waals surface area contributed by atoms with Crippen molar-refractivity contribution in [1.29, 1.82) is 0 Å². The van der Waals surface area contributed by atoms with Crippen LogP contribution in [0.1, 0.15) is 35.3 Å². The Morgan fingerprint density at radius 1 is 1.00 bits per heavy atom. The summed E-state index contributed by atoms with van der Waals surface area (Å²) in [4.78, 5) is 12.7. The molecular weight excluding hydrogens is 352 g/mol. The topological polar surface area (TPSA) is 127 Å². The van der Waals surface area contributed by atoms with Crippen molar-refractivity contribution in [3.8, 4) is 34.5 Å². The van der Waals surface area contributed by atoms with Crippen LogP contribution in [-0.4, -0.2) is 36.9 Å². The minimum absolute atomic E-state index is 0.0485. The smallest absolute Gasteiger partial charge is 0.200 e. The minimum atomic E-state index is -0.743. The van der Waals surface area contributed by atoms with E-state index in [-0.39, 0.29) is 28.2 Å². The van der Waals surface area contributed by atoms with Crippen molar-refractivity contribution in [2.75, 3.05) is 0 Å². The van der Waals surface area contributed by atoms with Gasteiger partial charge in [0.25, 0.3) is 0 Å². The molecule has 0 aliphatic carbocycles. The predicted molar refractivity (Wildman–Crippen MR) is 98.3 cm³/mol. The first kappa shape index (κ1) is 18.2. The summed E-state index contributed by atoms with van der Waals surface area (Å²) in [6.45, 7) is 3.52. The highest BCUT2D eigenvalue weighted by Gasteiger charge is 2.30. The molecule has 1 aliphatic rings. The number of aromatic hydroxyl groups is 5. The molecule has 0 aromatic heterocycles. The zero-order valence-electron chi connectivity index (χ0n) is 14.6. The summed E-state index contributed by atoms with van der Waals surface area (Å²) in [7, 11) is 0. The Hall–Kier alpha value is -3.61. The summed E-state index contributed by atoms with van der Waals surface area (Å²) in [6, 6.07) is 3.52. The highest BCUT2D eigenvalue weighted by atomic mass is 16.5. The first-order valence-electron chi connectivity index (χ1n) is 8.04. The summed E-state index contributed by atoms with van der Waals surface area (Å²) in [6.07, 6.45) is 5.62. The first-order valence-corrected chi connectivity index (χ1v) is 8.04. The molecule has 2 aromatic carbocycles. The molecule has 0 saturated heterocycles. The SMILES string of the molecule is CC1(C)C=Cc2c(O)cc(O)c(C(=O)/C=C/c3ccc(O)c(O)c3O)c2O1. The first-order chi connectivity index (χ1) is 12.6. The van der Waals surface area contributed by atoms with Gasteiger partial charge >= 0.3 is 0 Å². The van der Waals surface area contributed by atoms with Crippen molar-refractivity contribution in [3.05, 3.63) is 47.0 Å². The molecule has 0 spiro atoms. The van der Waals surface area contributed by atoms with Crippen LogP contribution in [0.2, 0.25) is 0 Å². The number of hydrogen-bond donors (Lipinski definition) is 5. The van der Waals surface area contributed by atoms with Crippen molar-refractivity contribution < 1.29 is 35.1 Å². The molecule has 3 rings (SSSR count). The maximum Gasteiger partial charge on any atom is 0.200 e. The van der Waals surface area contributed by atoms with E-state index in [4.69, 9.17) is 4.74 Å². The second-order valence-electron chi connectivity index (χ2n) is 6.64. The van der Waals surface area contributed by atoms with E-state index in [1.807, 2.05) is 0 Å². The van der Waals surface area contributed by atoms with Gasteiger partial charge in [0, 0.05) is 11.6 Å². The molecule has 0 saturated carbocycles. The van der Waals surface area contributed by atoms with E-state index < -0.39 is 34.4 Å². The number of allylic oxidation sites excluding steroid dienone is 1. The lowest BCUT2D eigenvalue weighted by atomic mass is 9.96. The van der Waals surface area contributed by atoms with Gasteiger partial charge in [0.1, 0.15) is 28.4 Å². The third-order valence-electron chi connectivity index (χ3n) is 4.12. The molecule has 140 valence electrons. The summed E-state index contributed by atoms with van der Waals surface area (Å²) in [5.74, 6) is -3.06. The van der Waals surface area contributed by atoms with Crippen molar-refractivity contribution in [1.82, 2.24) is 0 Å². The van der Waals surface area contributed by atoms with Gasteiger partial charge in [0.15, 0.2) is 17.3 Å². The summed E-state index contributed by atoms with van der Waals surface area (Å²) >= 11 is 0. The number of carbonyl (C=O) groups is 1. The van der Waals surface area contributed by atoms with Gasteiger partial charge in [-0.1, -0.05) is 0 Å². The molecule has 0 unspecified atom stereocenters. The van der Waals surface area contributed by atoms with Crippen LogP contribution in [0.3, 0.4) is 0 Å². The molecule has 7 nitrogen and oxygen atoms in total. The Morgan fingerprint density at radius 3 is 2.41 bits per heavy atom. The average molecular weight is 370 g/mol. The lowest BCUT2D eigenvalue weighted by Gasteiger charge is -2.29. The fourth-order valence-electron chi connectivity index (χ4n) is 2.70. The van der Waals surface area contributed by atoms with E-state index in [0.717, 1.165) is 18.2 Å². The normalized spacial score (nSPS) is 14.7. The van der Waals surface area contributed by atoms with E-state index in [0.29, 0.717) is 0 Å². The number of carbonyl (C=O) groups excluding carboxylic acids is 1. The third kappa shape index (κ3) is 3.27. The van der Waals surface area contributed by atoms with Gasteiger partial charge in [-0.2, -0.15) is 0 Å². The molecule has 1 heterocycles. The van der Waals surface area contributed by atoms with Crippen LogP contribution in [0.4, 0.5) is 0 Å². The number of phenolic OH excluding ortho intramolecular Hbond substituents is 5. The molecule has 2 aromatic rings. The van der Waals surface area contributed by atoms with Gasteiger partial charge in [-0.05, 0) is 50.3 Å². The summed E-state index contributed by atoms with van der Waals surface area (Å²) in [5.41, 5.74) is -0.521. The molecule has 27 heavy (non-hydrogen) atoms. The number of rotatable bonds is 3. The summed E-state index contributed by atoms with van der Waals surface area (Å²) < 4.78 is 5.76. The summed E-state index contributed by atoms with van der Waals surface area (Å²) in [5, 5.41) is 48.9. The van der Waals surface area contributed by atoms with Crippen LogP contribution >= 0.6 is 0 Å². The molecule has 0 bridgehead atoms. The van der Waals surface area contributed by atoms with E-state index in [1.165, 1.54) is 12.1 Å². The molecule has 1 aliphatic heterocycles. The van der Waals surface area contributed by atoms with Crippen LogP contribution in [0.15, 0.2) is 30.4 Å². The van der Waals surface area contributed by atoms with E-state index in [1.54, 1.807) is 26.0 Å². The number of ether oxygens (including phenoxy) is 1. The highest BCUT2D eigenvalue weighted by molar-refractivity contribution is 6.11. The molecule has 0 radical (unpaired) electrons. The predicted octanol–water partition coefficient (Wildman–Crippen LogP) is 3.29. The quantitative estimate of drug-likeness (QED) is 0.319. The van der Waals surface area contributed by atoms with E-state index in [9.17, 15) is 30.3 Å². The van der Waals surface area contributed by atoms with Gasteiger partial charge in [-0.25, -0.2) is 0 Å². The zero-order chi connectivity index (χ0) is 19.9. The minimum Gasteiger partial charge on any atom is -0.507 e. The van der Waals surface area contributed by atoms with Crippen LogP contribution in [-0.2, 0) is 0 Å². The largest absolute Gasteiger partial charge is 0.507 e. The Labute approximate surface area is 154 Å². The monoisotopic (exact) mass is 370 g/mol. The average Bonchev–Trinajstić information content (AvgIpc) is 2.58. The zero-order valence-corrected chi connectivity index (χ0v) is 14.6. The fourth-order valence-corrected chi connectivity index (χ4v) is 2.70. The Balaban J connectivity index is 2.04. The Kier molecular flexibility index (Phi) is 4.23. The Morgan fingerprint density at radius 2 is 1.70 bits per heavy atom. The van der Waals surface area contributed by atoms with Gasteiger partial charge in [0.2, 0.25) is 5.75 Å². The second-order valence-corrected chi connectivity index (χ2v) is 6.64. The number of hydrogen-bond acceptors (Lipinski definition) is 7. The van der Waals surface area contributed by atoms with Gasteiger partial charge in [-0.3, -0.25) is 4.79 Å². The van der Waals surface area contributed by atoms with Crippen molar-refractivity contribution >= 4 is 17.9 Å². The number of ketones is 1. The van der Waals surface area contributed by atoms with Gasteiger partial charge in [-0.15, -0.1) is 0 Å². The van der Waals surface area contributed by atoms with Crippen LogP contribution in [0, 0.1) is 0 Å². The molecule has 7 heteroatoms. The molecule has 0 atom stereocenters. The Bertz CT molecular complexity index is 1000. The number of benzene rings is 2.